The van der Waals surface area contributed by atoms with Gasteiger partial charge in [0, 0.05) is 0 Å². The average Bonchev–Trinajstić information content (AvgIpc) is 2.85. The molecule has 192 valence electrons. The van der Waals surface area contributed by atoms with Gasteiger partial charge >= 0.3 is 0 Å². The van der Waals surface area contributed by atoms with Gasteiger partial charge in [0.15, 0.2) is 0 Å². The van der Waals surface area contributed by atoms with Crippen LogP contribution < -0.4 is 0 Å². The van der Waals surface area contributed by atoms with Gasteiger partial charge in [0.25, 0.3) is 20.2 Å². The molecule has 0 aromatic heterocycles. The second-order valence-corrected chi connectivity index (χ2v) is 13.6. The molecule has 35 heavy (non-hydrogen) atoms. The fraction of sp³-hybridized carbons (Fsp3) is 0.556. The zero-order chi connectivity index (χ0) is 25.1. The van der Waals surface area contributed by atoms with Crippen LogP contribution in [-0.2, 0) is 28.6 Å². The van der Waals surface area contributed by atoms with Gasteiger partial charge in [-0.05, 0) is 92.9 Å². The third-order valence-corrected chi connectivity index (χ3v) is 10.8. The van der Waals surface area contributed by atoms with Crippen molar-refractivity contribution in [2.24, 2.45) is 17.3 Å². The Morgan fingerprint density at radius 3 is 1.20 bits per heavy atom. The van der Waals surface area contributed by atoms with Crippen LogP contribution in [-0.4, -0.2) is 29.0 Å². The molecule has 4 rings (SSSR count). The third kappa shape index (κ3) is 6.34. The van der Waals surface area contributed by atoms with E-state index in [2.05, 4.69) is 13.8 Å². The van der Waals surface area contributed by atoms with Crippen LogP contribution in [0.4, 0.5) is 0 Å². The van der Waals surface area contributed by atoms with Crippen molar-refractivity contribution < 1.29 is 25.2 Å². The summed E-state index contributed by atoms with van der Waals surface area (Å²) in [4.78, 5) is 0.409. The summed E-state index contributed by atoms with van der Waals surface area (Å²) in [5, 5.41) is 0. The molecule has 0 N–H and O–H groups in total. The average molecular weight is 521 g/mol. The maximum Gasteiger partial charge on any atom is 0.297 e. The molecule has 0 spiro atoms. The highest BCUT2D eigenvalue weighted by Crippen LogP contribution is 2.49. The van der Waals surface area contributed by atoms with Gasteiger partial charge in [0.1, 0.15) is 0 Å². The molecule has 2 aliphatic rings. The van der Waals surface area contributed by atoms with E-state index >= 15 is 0 Å². The summed E-state index contributed by atoms with van der Waals surface area (Å²) in [6, 6.07) is 16.6. The molecule has 2 fully saturated rings. The van der Waals surface area contributed by atoms with Crippen LogP contribution in [0.15, 0.2) is 70.5 Å². The summed E-state index contributed by atoms with van der Waals surface area (Å²) in [7, 11) is -7.48. The van der Waals surface area contributed by atoms with Crippen molar-refractivity contribution in [2.75, 3.05) is 0 Å². The molecule has 0 bridgehead atoms. The smallest absolute Gasteiger partial charge is 0.263 e. The summed E-state index contributed by atoms with van der Waals surface area (Å²) in [5.74, 6) is 0.967. The fourth-order valence-corrected chi connectivity index (χ4v) is 8.09. The molecule has 0 unspecified atom stereocenters. The predicted octanol–water partition coefficient (Wildman–Crippen LogP) is 5.94. The molecular weight excluding hydrogens is 484 g/mol. The van der Waals surface area contributed by atoms with Gasteiger partial charge in [0.05, 0.1) is 22.0 Å². The first-order valence-corrected chi connectivity index (χ1v) is 15.4. The Balaban J connectivity index is 1.28. The van der Waals surface area contributed by atoms with Gasteiger partial charge < -0.3 is 0 Å². The molecule has 0 saturated heterocycles. The van der Waals surface area contributed by atoms with Crippen LogP contribution in [0.1, 0.15) is 65.2 Å². The molecular formula is C27H36O6S2. The van der Waals surface area contributed by atoms with Crippen LogP contribution in [0.2, 0.25) is 0 Å². The van der Waals surface area contributed by atoms with Crippen LogP contribution >= 0.6 is 0 Å². The predicted molar refractivity (Wildman–Crippen MR) is 135 cm³/mol. The van der Waals surface area contributed by atoms with E-state index in [1.165, 1.54) is 0 Å². The topological polar surface area (TPSA) is 86.7 Å². The lowest BCUT2D eigenvalue weighted by atomic mass is 9.60. The fourth-order valence-electron chi connectivity index (χ4n) is 5.78. The van der Waals surface area contributed by atoms with E-state index in [0.717, 1.165) is 51.4 Å². The Kier molecular flexibility index (Phi) is 8.05. The lowest BCUT2D eigenvalue weighted by molar-refractivity contribution is 0.0133. The summed E-state index contributed by atoms with van der Waals surface area (Å²) in [6.45, 7) is 4.62. The highest BCUT2D eigenvalue weighted by molar-refractivity contribution is 7.87. The molecule has 0 radical (unpaired) electrons. The summed E-state index contributed by atoms with van der Waals surface area (Å²) in [5.41, 5.74) is 0.0898. The number of hydrogen-bond acceptors (Lipinski definition) is 6. The number of rotatable bonds is 8. The Hall–Kier alpha value is -1.74. The van der Waals surface area contributed by atoms with Gasteiger partial charge in [-0.1, -0.05) is 50.2 Å². The Bertz CT molecular complexity index is 1070. The first-order chi connectivity index (χ1) is 16.6. The molecule has 0 aliphatic heterocycles. The van der Waals surface area contributed by atoms with Crippen molar-refractivity contribution in [3.05, 3.63) is 60.7 Å². The van der Waals surface area contributed by atoms with Crippen LogP contribution in [0.25, 0.3) is 0 Å². The first kappa shape index (κ1) is 26.3. The second kappa shape index (κ2) is 10.7. The molecule has 2 saturated carbocycles. The summed E-state index contributed by atoms with van der Waals surface area (Å²) < 4.78 is 61.4. The first-order valence-electron chi connectivity index (χ1n) is 12.5. The van der Waals surface area contributed by atoms with Crippen molar-refractivity contribution in [3.63, 3.8) is 0 Å². The maximum atomic E-state index is 12.6. The van der Waals surface area contributed by atoms with Crippen LogP contribution in [0.5, 0.6) is 0 Å². The zero-order valence-electron chi connectivity index (χ0n) is 20.5. The minimum Gasteiger partial charge on any atom is -0.263 e. The minimum absolute atomic E-state index is 0.0898. The SMILES string of the molecule is CC(C)(C1CCC(OS(=O)(=O)c2ccccc2)CC1)C1CCC(OS(=O)(=O)c2ccccc2)CC1. The molecule has 2 aromatic carbocycles. The molecule has 6 nitrogen and oxygen atoms in total. The third-order valence-electron chi connectivity index (χ3n) is 8.04. The van der Waals surface area contributed by atoms with Gasteiger partial charge in [-0.15, -0.1) is 0 Å². The minimum atomic E-state index is -3.74. The normalized spacial score (nSPS) is 26.3. The maximum absolute atomic E-state index is 12.6. The lowest BCUT2D eigenvalue weighted by Gasteiger charge is -2.46. The van der Waals surface area contributed by atoms with Crippen molar-refractivity contribution in [1.29, 1.82) is 0 Å². The standard InChI is InChI=1S/C27H36O6S2/c1-27(2,21-13-17-23(18-14-21)32-34(28,29)25-9-5-3-6-10-25)22-15-19-24(20-16-22)33-35(30,31)26-11-7-4-8-12-26/h3-12,21-24H,13-20H2,1-2H3. The van der Waals surface area contributed by atoms with Crippen molar-refractivity contribution in [2.45, 2.75) is 87.2 Å². The second-order valence-electron chi connectivity index (χ2n) is 10.5. The Labute approximate surface area is 210 Å². The van der Waals surface area contributed by atoms with E-state index in [-0.39, 0.29) is 27.4 Å². The van der Waals surface area contributed by atoms with Crippen molar-refractivity contribution >= 4 is 20.2 Å². The van der Waals surface area contributed by atoms with Crippen LogP contribution in [0, 0.1) is 17.3 Å². The number of benzene rings is 2. The number of hydrogen-bond donors (Lipinski definition) is 0. The lowest BCUT2D eigenvalue weighted by Crippen LogP contribution is -2.39. The van der Waals surface area contributed by atoms with Gasteiger partial charge in [-0.25, -0.2) is 0 Å². The van der Waals surface area contributed by atoms with Gasteiger partial charge in [-0.3, -0.25) is 8.37 Å². The zero-order valence-corrected chi connectivity index (χ0v) is 22.1. The quantitative estimate of drug-likeness (QED) is 0.400. The van der Waals surface area contributed by atoms with E-state index in [9.17, 15) is 16.8 Å². The van der Waals surface area contributed by atoms with Crippen LogP contribution in [0.3, 0.4) is 0 Å². The summed E-state index contributed by atoms with van der Waals surface area (Å²) in [6.07, 6.45) is 6.09. The molecule has 0 atom stereocenters. The van der Waals surface area contributed by atoms with Crippen molar-refractivity contribution in [1.82, 2.24) is 0 Å². The van der Waals surface area contributed by atoms with E-state index in [0.29, 0.717) is 11.8 Å². The largest absolute Gasteiger partial charge is 0.297 e. The Morgan fingerprint density at radius 1 is 0.571 bits per heavy atom. The highest BCUT2D eigenvalue weighted by Gasteiger charge is 2.42. The molecule has 2 aromatic rings. The molecule has 0 heterocycles. The van der Waals surface area contributed by atoms with Crippen molar-refractivity contribution in [3.8, 4) is 0 Å². The monoisotopic (exact) mass is 520 g/mol. The molecule has 0 amide bonds. The highest BCUT2D eigenvalue weighted by atomic mass is 32.2. The van der Waals surface area contributed by atoms with E-state index in [4.69, 9.17) is 8.37 Å². The van der Waals surface area contributed by atoms with Gasteiger partial charge in [0.2, 0.25) is 0 Å². The van der Waals surface area contributed by atoms with E-state index < -0.39 is 20.2 Å². The Morgan fingerprint density at radius 2 is 0.886 bits per heavy atom. The van der Waals surface area contributed by atoms with Gasteiger partial charge in [-0.2, -0.15) is 16.8 Å². The molecule has 2 aliphatic carbocycles. The summed E-state index contributed by atoms with van der Waals surface area (Å²) >= 11 is 0. The molecule has 8 heteroatoms. The van der Waals surface area contributed by atoms with E-state index in [1.54, 1.807) is 60.7 Å². The van der Waals surface area contributed by atoms with E-state index in [1.807, 2.05) is 0 Å².